The molecule has 0 N–H and O–H groups in total. The van der Waals surface area contributed by atoms with Crippen molar-refractivity contribution < 1.29 is 0 Å². The van der Waals surface area contributed by atoms with Gasteiger partial charge in [0.25, 0.3) is 0 Å². The molecule has 0 spiro atoms. The predicted octanol–water partition coefficient (Wildman–Crippen LogP) is 1.81. The summed E-state index contributed by atoms with van der Waals surface area (Å²) >= 11 is 0. The summed E-state index contributed by atoms with van der Waals surface area (Å²) in [7, 11) is 6.22. The van der Waals surface area contributed by atoms with Crippen molar-refractivity contribution >= 4 is 6.21 Å². The minimum Gasteiger partial charge on any atom is -0.306 e. The zero-order valence-corrected chi connectivity index (χ0v) is 8.45. The van der Waals surface area contributed by atoms with E-state index in [0.29, 0.717) is 5.92 Å². The summed E-state index contributed by atoms with van der Waals surface area (Å²) in [5.74, 6) is 0.693. The summed E-state index contributed by atoms with van der Waals surface area (Å²) in [5.41, 5.74) is 0. The second-order valence-corrected chi connectivity index (χ2v) is 3.89. The summed E-state index contributed by atoms with van der Waals surface area (Å²) in [6.45, 7) is 0. The fourth-order valence-electron chi connectivity index (χ4n) is 2.15. The van der Waals surface area contributed by atoms with Crippen LogP contribution in [0.2, 0.25) is 0 Å². The molecule has 2 heteroatoms. The lowest BCUT2D eigenvalue weighted by Gasteiger charge is -2.33. The van der Waals surface area contributed by atoms with Crippen LogP contribution in [-0.4, -0.2) is 38.3 Å². The maximum atomic E-state index is 4.14. The molecule has 0 saturated heterocycles. The highest BCUT2D eigenvalue weighted by atomic mass is 15.1. The summed E-state index contributed by atoms with van der Waals surface area (Å²) in [5, 5.41) is 0. The first-order valence-corrected chi connectivity index (χ1v) is 4.84. The molecular weight excluding hydrogens is 148 g/mol. The average molecular weight is 168 g/mol. The monoisotopic (exact) mass is 168 g/mol. The molecule has 1 saturated carbocycles. The number of aliphatic imine (C=N–C) groups is 1. The van der Waals surface area contributed by atoms with Crippen LogP contribution in [0, 0.1) is 5.92 Å². The van der Waals surface area contributed by atoms with Gasteiger partial charge in [-0.05, 0) is 26.9 Å². The molecule has 70 valence electrons. The van der Waals surface area contributed by atoms with Gasteiger partial charge in [-0.15, -0.1) is 0 Å². The van der Waals surface area contributed by atoms with Crippen molar-refractivity contribution in [2.75, 3.05) is 21.1 Å². The number of hydrogen-bond donors (Lipinski definition) is 0. The zero-order valence-electron chi connectivity index (χ0n) is 8.45. The van der Waals surface area contributed by atoms with E-state index in [1.54, 1.807) is 0 Å². The SMILES string of the molecule is CN=C[C@@H]1CCCC[C@H]1N(C)C. The van der Waals surface area contributed by atoms with Crippen LogP contribution in [-0.2, 0) is 0 Å². The predicted molar refractivity (Wildman–Crippen MR) is 53.8 cm³/mol. The molecule has 2 atom stereocenters. The lowest BCUT2D eigenvalue weighted by atomic mass is 9.85. The van der Waals surface area contributed by atoms with Crippen molar-refractivity contribution in [1.82, 2.24) is 4.90 Å². The molecule has 1 fully saturated rings. The van der Waals surface area contributed by atoms with Gasteiger partial charge in [-0.3, -0.25) is 0 Å². The Kier molecular flexibility index (Phi) is 3.73. The minimum absolute atomic E-state index is 0.693. The Labute approximate surface area is 75.7 Å². The second-order valence-electron chi connectivity index (χ2n) is 3.89. The molecule has 0 aromatic rings. The van der Waals surface area contributed by atoms with E-state index in [0.717, 1.165) is 6.04 Å². The van der Waals surface area contributed by atoms with Gasteiger partial charge in [-0.2, -0.15) is 0 Å². The van der Waals surface area contributed by atoms with Gasteiger partial charge < -0.3 is 9.89 Å². The van der Waals surface area contributed by atoms with Crippen LogP contribution in [0.1, 0.15) is 25.7 Å². The first-order chi connectivity index (χ1) is 5.75. The van der Waals surface area contributed by atoms with Crippen LogP contribution in [0.5, 0.6) is 0 Å². The van der Waals surface area contributed by atoms with Gasteiger partial charge in [0, 0.05) is 25.2 Å². The maximum Gasteiger partial charge on any atom is 0.0273 e. The molecule has 0 aliphatic heterocycles. The maximum absolute atomic E-state index is 4.14. The Hall–Kier alpha value is -0.370. The zero-order chi connectivity index (χ0) is 8.97. The molecule has 1 aliphatic rings. The van der Waals surface area contributed by atoms with E-state index in [1.165, 1.54) is 25.7 Å². The smallest absolute Gasteiger partial charge is 0.0273 e. The number of rotatable bonds is 2. The van der Waals surface area contributed by atoms with E-state index in [4.69, 9.17) is 0 Å². The van der Waals surface area contributed by atoms with Crippen LogP contribution < -0.4 is 0 Å². The third-order valence-electron chi connectivity index (χ3n) is 2.79. The van der Waals surface area contributed by atoms with E-state index in [9.17, 15) is 0 Å². The molecule has 0 bridgehead atoms. The van der Waals surface area contributed by atoms with Crippen molar-refractivity contribution in [2.24, 2.45) is 10.9 Å². The lowest BCUT2D eigenvalue weighted by Crippen LogP contribution is -2.38. The van der Waals surface area contributed by atoms with Crippen molar-refractivity contribution in [3.8, 4) is 0 Å². The normalized spacial score (nSPS) is 31.7. The highest BCUT2D eigenvalue weighted by Gasteiger charge is 2.24. The van der Waals surface area contributed by atoms with Crippen LogP contribution in [0.3, 0.4) is 0 Å². The highest BCUT2D eigenvalue weighted by molar-refractivity contribution is 5.61. The van der Waals surface area contributed by atoms with E-state index >= 15 is 0 Å². The molecular formula is C10H20N2. The molecule has 0 unspecified atom stereocenters. The molecule has 2 nitrogen and oxygen atoms in total. The second kappa shape index (κ2) is 4.61. The van der Waals surface area contributed by atoms with E-state index in [1.807, 2.05) is 7.05 Å². The molecule has 0 aromatic carbocycles. The van der Waals surface area contributed by atoms with Crippen molar-refractivity contribution in [1.29, 1.82) is 0 Å². The van der Waals surface area contributed by atoms with Gasteiger partial charge in [-0.25, -0.2) is 0 Å². The number of hydrogen-bond acceptors (Lipinski definition) is 2. The van der Waals surface area contributed by atoms with Crippen LogP contribution in [0.25, 0.3) is 0 Å². The third-order valence-corrected chi connectivity index (χ3v) is 2.79. The molecule has 0 aromatic heterocycles. The average Bonchev–Trinajstić information content (AvgIpc) is 2.05. The first kappa shape index (κ1) is 9.72. The Morgan fingerprint density at radius 3 is 2.50 bits per heavy atom. The van der Waals surface area contributed by atoms with Crippen molar-refractivity contribution in [2.45, 2.75) is 31.7 Å². The Balaban J connectivity index is 2.54. The highest BCUT2D eigenvalue weighted by Crippen LogP contribution is 2.25. The third kappa shape index (κ3) is 2.31. The molecule has 0 amide bonds. The van der Waals surface area contributed by atoms with Gasteiger partial charge in [0.15, 0.2) is 0 Å². The number of nitrogens with zero attached hydrogens (tertiary/aromatic N) is 2. The lowest BCUT2D eigenvalue weighted by molar-refractivity contribution is 0.197. The molecule has 0 radical (unpaired) electrons. The van der Waals surface area contributed by atoms with Gasteiger partial charge >= 0.3 is 0 Å². The van der Waals surface area contributed by atoms with E-state index in [2.05, 4.69) is 30.2 Å². The van der Waals surface area contributed by atoms with Crippen molar-refractivity contribution in [3.63, 3.8) is 0 Å². The summed E-state index contributed by atoms with van der Waals surface area (Å²) in [6.07, 6.45) is 7.55. The Bertz CT molecular complexity index is 152. The van der Waals surface area contributed by atoms with Gasteiger partial charge in [0.2, 0.25) is 0 Å². The van der Waals surface area contributed by atoms with Crippen LogP contribution in [0.15, 0.2) is 4.99 Å². The quantitative estimate of drug-likeness (QED) is 0.574. The fourth-order valence-corrected chi connectivity index (χ4v) is 2.15. The first-order valence-electron chi connectivity index (χ1n) is 4.84. The fraction of sp³-hybridized carbons (Fsp3) is 0.900. The molecule has 1 rings (SSSR count). The summed E-state index contributed by atoms with van der Waals surface area (Å²) in [6, 6.07) is 0.724. The van der Waals surface area contributed by atoms with Crippen LogP contribution >= 0.6 is 0 Å². The largest absolute Gasteiger partial charge is 0.306 e. The van der Waals surface area contributed by atoms with Gasteiger partial charge in [-0.1, -0.05) is 12.8 Å². The standard InChI is InChI=1S/C10H20N2/c1-11-8-9-6-4-5-7-10(9)12(2)3/h8-10H,4-7H2,1-3H3/t9-,10+/m0/s1. The summed E-state index contributed by atoms with van der Waals surface area (Å²) < 4.78 is 0. The van der Waals surface area contributed by atoms with Crippen molar-refractivity contribution in [3.05, 3.63) is 0 Å². The molecule has 0 heterocycles. The Morgan fingerprint density at radius 1 is 1.25 bits per heavy atom. The van der Waals surface area contributed by atoms with Crippen LogP contribution in [0.4, 0.5) is 0 Å². The molecule has 12 heavy (non-hydrogen) atoms. The van der Waals surface area contributed by atoms with Gasteiger partial charge in [0.05, 0.1) is 0 Å². The van der Waals surface area contributed by atoms with E-state index in [-0.39, 0.29) is 0 Å². The summed E-state index contributed by atoms with van der Waals surface area (Å²) in [4.78, 5) is 6.48. The molecule has 1 aliphatic carbocycles. The Morgan fingerprint density at radius 2 is 1.92 bits per heavy atom. The minimum atomic E-state index is 0.693. The topological polar surface area (TPSA) is 15.6 Å². The van der Waals surface area contributed by atoms with Gasteiger partial charge in [0.1, 0.15) is 0 Å². The van der Waals surface area contributed by atoms with E-state index < -0.39 is 0 Å².